The van der Waals surface area contributed by atoms with Crippen molar-refractivity contribution in [3.8, 4) is 11.3 Å². The number of Topliss-reactive ketones (excluding diaryl/α,β-unsaturated/α-hetero) is 1. The summed E-state index contributed by atoms with van der Waals surface area (Å²) in [7, 11) is 0. The highest BCUT2D eigenvalue weighted by Gasteiger charge is 2.33. The third-order valence-corrected chi connectivity index (χ3v) is 6.55. The minimum absolute atomic E-state index is 0.0272. The third-order valence-electron chi connectivity index (χ3n) is 6.55. The van der Waals surface area contributed by atoms with Crippen LogP contribution < -0.4 is 5.32 Å². The molecule has 3 aromatic rings. The maximum absolute atomic E-state index is 13.1. The fourth-order valence-corrected chi connectivity index (χ4v) is 4.92. The number of hydrogen-bond donors (Lipinski definition) is 1. The smallest absolute Gasteiger partial charge is 0.251 e. The molecule has 5 nitrogen and oxygen atoms in total. The number of carbonyl (C=O) groups is 2. The molecule has 1 aliphatic carbocycles. The summed E-state index contributed by atoms with van der Waals surface area (Å²) in [6.45, 7) is 0. The van der Waals surface area contributed by atoms with Crippen LogP contribution in [-0.2, 0) is 4.79 Å². The van der Waals surface area contributed by atoms with E-state index in [1.807, 2.05) is 55.0 Å². The third kappa shape index (κ3) is 3.45. The van der Waals surface area contributed by atoms with Gasteiger partial charge in [-0.3, -0.25) is 9.59 Å². The van der Waals surface area contributed by atoms with E-state index in [2.05, 4.69) is 27.0 Å². The van der Waals surface area contributed by atoms with Gasteiger partial charge in [-0.15, -0.1) is 0 Å². The van der Waals surface area contributed by atoms with E-state index >= 15 is 0 Å². The molecule has 30 heavy (non-hydrogen) atoms. The Bertz CT molecular complexity index is 1060. The minimum Gasteiger partial charge on any atom is -0.349 e. The largest absolute Gasteiger partial charge is 0.349 e. The van der Waals surface area contributed by atoms with Crippen molar-refractivity contribution in [2.45, 2.75) is 44.2 Å². The molecule has 1 amide bonds. The van der Waals surface area contributed by atoms with E-state index in [1.165, 1.54) is 11.1 Å². The number of rotatable bonds is 5. The van der Waals surface area contributed by atoms with Crippen molar-refractivity contribution < 1.29 is 9.59 Å². The fraction of sp³-hybridized carbons (Fsp3) is 0.320. The molecule has 1 N–H and O–H groups in total. The Balaban J connectivity index is 1.20. The Morgan fingerprint density at radius 2 is 1.70 bits per heavy atom. The van der Waals surface area contributed by atoms with Crippen LogP contribution in [0.3, 0.4) is 0 Å². The highest BCUT2D eigenvalue weighted by atomic mass is 16.1. The Labute approximate surface area is 176 Å². The van der Waals surface area contributed by atoms with Crippen LogP contribution in [0.2, 0.25) is 0 Å². The number of carbonyl (C=O) groups excluding carboxylic acids is 2. The summed E-state index contributed by atoms with van der Waals surface area (Å²) in [4.78, 5) is 29.8. The average molecular weight is 399 g/mol. The number of fused-ring (bicyclic) bond motifs is 3. The number of nitrogens with one attached hydrogen (secondary N) is 1. The Morgan fingerprint density at radius 1 is 0.967 bits per heavy atom. The molecule has 0 radical (unpaired) electrons. The Hall–Kier alpha value is -3.21. The van der Waals surface area contributed by atoms with E-state index in [0.29, 0.717) is 17.8 Å². The predicted octanol–water partition coefficient (Wildman–Crippen LogP) is 4.40. The molecule has 0 spiro atoms. The van der Waals surface area contributed by atoms with Crippen molar-refractivity contribution >= 4 is 11.7 Å². The first-order valence-corrected chi connectivity index (χ1v) is 10.7. The Kier molecular flexibility index (Phi) is 4.95. The maximum atomic E-state index is 13.1. The van der Waals surface area contributed by atoms with E-state index in [9.17, 15) is 9.59 Å². The van der Waals surface area contributed by atoms with E-state index in [-0.39, 0.29) is 23.9 Å². The summed E-state index contributed by atoms with van der Waals surface area (Å²) in [5, 5.41) is 3.13. The second kappa shape index (κ2) is 7.90. The molecule has 2 aromatic carbocycles. The zero-order chi connectivity index (χ0) is 20.5. The van der Waals surface area contributed by atoms with Gasteiger partial charge in [-0.25, -0.2) is 4.98 Å². The molecule has 1 atom stereocenters. The first kappa shape index (κ1) is 18.8. The van der Waals surface area contributed by atoms with E-state index < -0.39 is 0 Å². The molecular weight excluding hydrogens is 374 g/mol. The lowest BCUT2D eigenvalue weighted by molar-refractivity contribution is -0.124. The van der Waals surface area contributed by atoms with Crippen molar-refractivity contribution in [2.75, 3.05) is 0 Å². The van der Waals surface area contributed by atoms with Crippen LogP contribution in [0.25, 0.3) is 11.3 Å². The number of benzene rings is 2. The Morgan fingerprint density at radius 3 is 2.50 bits per heavy atom. The summed E-state index contributed by atoms with van der Waals surface area (Å²) in [5.74, 6) is 0.374. The van der Waals surface area contributed by atoms with Gasteiger partial charge in [0.25, 0.3) is 5.91 Å². The highest BCUT2D eigenvalue weighted by Crippen LogP contribution is 2.41. The predicted molar refractivity (Wildman–Crippen MR) is 115 cm³/mol. The molecule has 0 bridgehead atoms. The first-order chi connectivity index (χ1) is 14.7. The summed E-state index contributed by atoms with van der Waals surface area (Å²) in [6.07, 6.45) is 7.60. The summed E-state index contributed by atoms with van der Waals surface area (Å²) in [6, 6.07) is 17.8. The van der Waals surface area contributed by atoms with Gasteiger partial charge in [-0.05, 0) is 43.4 Å². The second-order valence-electron chi connectivity index (χ2n) is 8.35. The molecule has 5 rings (SSSR count). The number of imidazole rings is 1. The quantitative estimate of drug-likeness (QED) is 0.692. The van der Waals surface area contributed by atoms with Crippen molar-refractivity contribution in [3.05, 3.63) is 78.2 Å². The van der Waals surface area contributed by atoms with Gasteiger partial charge in [-0.1, -0.05) is 42.5 Å². The number of ketones is 1. The summed E-state index contributed by atoms with van der Waals surface area (Å²) >= 11 is 0. The molecular formula is C25H25N3O2. The molecule has 2 aliphatic rings. The number of nitrogens with zero attached hydrogens (tertiary/aromatic N) is 2. The van der Waals surface area contributed by atoms with Gasteiger partial charge < -0.3 is 9.88 Å². The van der Waals surface area contributed by atoms with Crippen molar-refractivity contribution in [1.82, 2.24) is 14.9 Å². The maximum Gasteiger partial charge on any atom is 0.251 e. The first-order valence-electron chi connectivity index (χ1n) is 10.7. The highest BCUT2D eigenvalue weighted by molar-refractivity contribution is 5.94. The van der Waals surface area contributed by atoms with Gasteiger partial charge in [0.2, 0.25) is 0 Å². The fourth-order valence-electron chi connectivity index (χ4n) is 4.92. The van der Waals surface area contributed by atoms with Gasteiger partial charge in [0.15, 0.2) is 0 Å². The van der Waals surface area contributed by atoms with Gasteiger partial charge in [0, 0.05) is 29.5 Å². The van der Waals surface area contributed by atoms with Gasteiger partial charge in [-0.2, -0.15) is 0 Å². The normalized spacial score (nSPS) is 22.2. The van der Waals surface area contributed by atoms with Crippen molar-refractivity contribution in [1.29, 1.82) is 0 Å². The van der Waals surface area contributed by atoms with E-state index in [1.54, 1.807) is 0 Å². The summed E-state index contributed by atoms with van der Waals surface area (Å²) < 4.78 is 2.13. The molecule has 1 saturated carbocycles. The zero-order valence-corrected chi connectivity index (χ0v) is 16.8. The van der Waals surface area contributed by atoms with Crippen LogP contribution in [0.5, 0.6) is 0 Å². The standard InChI is InChI=1S/C25H25N3O2/c29-24(14-22-20-8-4-5-9-21(20)23-15-26-16-28(22)23)17-10-12-19(13-11-17)27-25(30)18-6-2-1-3-7-18/h1-9,15-17,19,22H,10-14H2,(H,27,30)/t17-,19-,22?. The molecule has 1 aromatic heterocycles. The van der Waals surface area contributed by atoms with Crippen molar-refractivity contribution in [3.63, 3.8) is 0 Å². The average Bonchev–Trinajstić information content (AvgIpc) is 3.37. The molecule has 1 aliphatic heterocycles. The van der Waals surface area contributed by atoms with Crippen LogP contribution in [0, 0.1) is 5.92 Å². The SMILES string of the molecule is O=C(N[C@H]1CC[C@H](C(=O)CC2c3ccccc3-c3cncn32)CC1)c1ccccc1. The van der Waals surface area contributed by atoms with E-state index in [4.69, 9.17) is 0 Å². The second-order valence-corrected chi connectivity index (χ2v) is 8.35. The van der Waals surface area contributed by atoms with Crippen LogP contribution in [0.15, 0.2) is 67.1 Å². The number of amides is 1. The van der Waals surface area contributed by atoms with Gasteiger partial charge >= 0.3 is 0 Å². The van der Waals surface area contributed by atoms with Crippen LogP contribution in [0.1, 0.15) is 54.1 Å². The lowest BCUT2D eigenvalue weighted by Gasteiger charge is -2.29. The summed E-state index contributed by atoms with van der Waals surface area (Å²) in [5.41, 5.74) is 4.18. The van der Waals surface area contributed by atoms with Crippen LogP contribution in [-0.4, -0.2) is 27.3 Å². The van der Waals surface area contributed by atoms with Gasteiger partial charge in [0.1, 0.15) is 5.78 Å². The number of aromatic nitrogens is 2. The molecule has 1 unspecified atom stereocenters. The van der Waals surface area contributed by atoms with Crippen molar-refractivity contribution in [2.24, 2.45) is 5.92 Å². The van der Waals surface area contributed by atoms with Crippen LogP contribution >= 0.6 is 0 Å². The van der Waals surface area contributed by atoms with Gasteiger partial charge in [0.05, 0.1) is 24.3 Å². The molecule has 2 heterocycles. The monoisotopic (exact) mass is 399 g/mol. The lowest BCUT2D eigenvalue weighted by atomic mass is 9.81. The zero-order valence-electron chi connectivity index (χ0n) is 16.8. The molecule has 1 fully saturated rings. The molecule has 152 valence electrons. The van der Waals surface area contributed by atoms with Crippen LogP contribution in [0.4, 0.5) is 0 Å². The topological polar surface area (TPSA) is 64.0 Å². The number of hydrogen-bond acceptors (Lipinski definition) is 3. The minimum atomic E-state index is -0.0272. The van der Waals surface area contributed by atoms with E-state index in [0.717, 1.165) is 31.4 Å². The molecule has 0 saturated heterocycles. The molecule has 5 heteroatoms. The lowest BCUT2D eigenvalue weighted by Crippen LogP contribution is -2.38.